The number of nitrogens with zero attached hydrogens (tertiary/aromatic N) is 4. The van der Waals surface area contributed by atoms with Gasteiger partial charge in [-0.05, 0) is 32.0 Å². The number of fused-ring (bicyclic) bond motifs is 2. The van der Waals surface area contributed by atoms with E-state index in [9.17, 15) is 4.79 Å². The van der Waals surface area contributed by atoms with Gasteiger partial charge in [-0.25, -0.2) is 9.50 Å². The molecule has 25 heavy (non-hydrogen) atoms. The van der Waals surface area contributed by atoms with Gasteiger partial charge in [-0.1, -0.05) is 0 Å². The fourth-order valence-corrected chi connectivity index (χ4v) is 2.69. The van der Waals surface area contributed by atoms with Gasteiger partial charge in [0.15, 0.2) is 11.5 Å². The van der Waals surface area contributed by atoms with E-state index in [4.69, 9.17) is 9.47 Å². The maximum absolute atomic E-state index is 12.5. The maximum atomic E-state index is 12.5. The van der Waals surface area contributed by atoms with Crippen molar-refractivity contribution in [2.24, 2.45) is 0 Å². The summed E-state index contributed by atoms with van der Waals surface area (Å²) in [6.07, 6.45) is 0.827. The summed E-state index contributed by atoms with van der Waals surface area (Å²) >= 11 is 0. The average Bonchev–Trinajstić information content (AvgIpc) is 2.87. The molecule has 8 nitrogen and oxygen atoms in total. The van der Waals surface area contributed by atoms with Crippen LogP contribution in [0.1, 0.15) is 28.4 Å². The van der Waals surface area contributed by atoms with Gasteiger partial charge in [0.05, 0.1) is 13.2 Å². The molecule has 0 saturated heterocycles. The molecule has 4 rings (SSSR count). The average molecular weight is 339 g/mol. The third-order valence-electron chi connectivity index (χ3n) is 3.83. The number of carbonyl (C=O) groups excluding carboxylic acids is 1. The molecule has 1 aliphatic heterocycles. The van der Waals surface area contributed by atoms with E-state index in [0.717, 1.165) is 17.8 Å². The standard InChI is InChI=1S/C17H17N5O3/c1-10-8-11(2)22-17(18-10)20-15(21-22)16(23)19-12-4-5-13-14(9-12)25-7-3-6-24-13/h4-5,8-9H,3,6-7H2,1-2H3,(H,19,23). The number of amides is 1. The number of hydrogen-bond acceptors (Lipinski definition) is 6. The highest BCUT2D eigenvalue weighted by molar-refractivity contribution is 6.01. The van der Waals surface area contributed by atoms with Crippen LogP contribution in [-0.2, 0) is 0 Å². The molecule has 0 radical (unpaired) electrons. The minimum Gasteiger partial charge on any atom is -0.490 e. The summed E-state index contributed by atoms with van der Waals surface area (Å²) in [5, 5.41) is 7.01. The van der Waals surface area contributed by atoms with Crippen molar-refractivity contribution in [3.8, 4) is 11.5 Å². The first-order chi connectivity index (χ1) is 12.1. The zero-order valence-electron chi connectivity index (χ0n) is 13.9. The van der Waals surface area contributed by atoms with Crippen molar-refractivity contribution in [1.29, 1.82) is 0 Å². The van der Waals surface area contributed by atoms with Gasteiger partial charge in [-0.15, -0.1) is 5.10 Å². The Balaban J connectivity index is 1.60. The van der Waals surface area contributed by atoms with Crippen LogP contribution < -0.4 is 14.8 Å². The molecule has 0 aliphatic carbocycles. The van der Waals surface area contributed by atoms with Crippen molar-refractivity contribution < 1.29 is 14.3 Å². The first kappa shape index (κ1) is 15.4. The van der Waals surface area contributed by atoms with Crippen molar-refractivity contribution in [2.75, 3.05) is 18.5 Å². The van der Waals surface area contributed by atoms with E-state index in [1.54, 1.807) is 22.7 Å². The second-order valence-corrected chi connectivity index (χ2v) is 5.85. The van der Waals surface area contributed by atoms with E-state index >= 15 is 0 Å². The zero-order chi connectivity index (χ0) is 17.4. The van der Waals surface area contributed by atoms with Gasteiger partial charge in [-0.2, -0.15) is 4.98 Å². The van der Waals surface area contributed by atoms with E-state index in [1.165, 1.54) is 0 Å². The van der Waals surface area contributed by atoms with Gasteiger partial charge in [-0.3, -0.25) is 4.79 Å². The fraction of sp³-hybridized carbons (Fsp3) is 0.294. The maximum Gasteiger partial charge on any atom is 0.295 e. The van der Waals surface area contributed by atoms with E-state index < -0.39 is 5.91 Å². The molecule has 1 N–H and O–H groups in total. The molecule has 3 heterocycles. The van der Waals surface area contributed by atoms with Crippen molar-refractivity contribution in [3.05, 3.63) is 41.5 Å². The van der Waals surface area contributed by atoms with Crippen molar-refractivity contribution in [3.63, 3.8) is 0 Å². The Bertz CT molecular complexity index is 966. The number of anilines is 1. The predicted molar refractivity (Wildman–Crippen MR) is 90.3 cm³/mol. The Hall–Kier alpha value is -3.16. The summed E-state index contributed by atoms with van der Waals surface area (Å²) in [4.78, 5) is 21.0. The fourth-order valence-electron chi connectivity index (χ4n) is 2.69. The van der Waals surface area contributed by atoms with Crippen molar-refractivity contribution in [2.45, 2.75) is 20.3 Å². The lowest BCUT2D eigenvalue weighted by molar-refractivity contribution is 0.101. The topological polar surface area (TPSA) is 90.6 Å². The number of rotatable bonds is 2. The predicted octanol–water partition coefficient (Wildman–Crippen LogP) is 2.15. The van der Waals surface area contributed by atoms with Crippen LogP contribution in [0.25, 0.3) is 5.78 Å². The van der Waals surface area contributed by atoms with Crippen LogP contribution in [-0.4, -0.2) is 38.7 Å². The highest BCUT2D eigenvalue weighted by Crippen LogP contribution is 2.32. The van der Waals surface area contributed by atoms with E-state index in [1.807, 2.05) is 19.9 Å². The lowest BCUT2D eigenvalue weighted by Crippen LogP contribution is -2.14. The zero-order valence-corrected chi connectivity index (χ0v) is 13.9. The Morgan fingerprint density at radius 3 is 2.76 bits per heavy atom. The van der Waals surface area contributed by atoms with Gasteiger partial charge in [0.2, 0.25) is 5.82 Å². The Kier molecular flexibility index (Phi) is 3.72. The van der Waals surface area contributed by atoms with E-state index in [0.29, 0.717) is 36.2 Å². The number of benzene rings is 1. The molecule has 0 bridgehead atoms. The second-order valence-electron chi connectivity index (χ2n) is 5.85. The molecule has 1 aromatic carbocycles. The van der Waals surface area contributed by atoms with Crippen LogP contribution in [0.15, 0.2) is 24.3 Å². The molecule has 0 unspecified atom stereocenters. The van der Waals surface area contributed by atoms with Gasteiger partial charge >= 0.3 is 0 Å². The molecule has 2 aromatic heterocycles. The first-order valence-electron chi connectivity index (χ1n) is 8.02. The van der Waals surface area contributed by atoms with Crippen LogP contribution in [0.4, 0.5) is 5.69 Å². The first-order valence-corrected chi connectivity index (χ1v) is 8.02. The molecular formula is C17H17N5O3. The molecule has 8 heteroatoms. The molecular weight excluding hydrogens is 322 g/mol. The molecule has 0 saturated carbocycles. The Labute approximate surface area is 143 Å². The minimum atomic E-state index is -0.406. The van der Waals surface area contributed by atoms with Crippen LogP contribution in [0.5, 0.6) is 11.5 Å². The molecule has 0 fully saturated rings. The van der Waals surface area contributed by atoms with Crippen LogP contribution >= 0.6 is 0 Å². The van der Waals surface area contributed by atoms with E-state index in [2.05, 4.69) is 20.4 Å². The number of nitrogens with one attached hydrogen (secondary N) is 1. The Morgan fingerprint density at radius 2 is 1.92 bits per heavy atom. The third-order valence-corrected chi connectivity index (χ3v) is 3.83. The SMILES string of the molecule is Cc1cc(C)n2nc(C(=O)Nc3ccc4c(c3)OCCCO4)nc2n1. The van der Waals surface area contributed by atoms with Crippen molar-refractivity contribution >= 4 is 17.4 Å². The van der Waals surface area contributed by atoms with E-state index in [-0.39, 0.29) is 5.82 Å². The number of aromatic nitrogens is 4. The second kappa shape index (κ2) is 6.04. The van der Waals surface area contributed by atoms with Crippen LogP contribution in [0.2, 0.25) is 0 Å². The number of carbonyl (C=O) groups is 1. The monoisotopic (exact) mass is 339 g/mol. The van der Waals surface area contributed by atoms with Crippen LogP contribution in [0.3, 0.4) is 0 Å². The molecule has 128 valence electrons. The molecule has 3 aromatic rings. The quantitative estimate of drug-likeness (QED) is 0.769. The summed E-state index contributed by atoms with van der Waals surface area (Å²) in [6, 6.07) is 7.16. The summed E-state index contributed by atoms with van der Waals surface area (Å²) in [5.74, 6) is 1.36. The lowest BCUT2D eigenvalue weighted by Gasteiger charge is -2.09. The lowest BCUT2D eigenvalue weighted by atomic mass is 10.2. The van der Waals surface area contributed by atoms with Crippen molar-refractivity contribution in [1.82, 2.24) is 19.6 Å². The van der Waals surface area contributed by atoms with Gasteiger partial charge in [0.25, 0.3) is 11.7 Å². The highest BCUT2D eigenvalue weighted by atomic mass is 16.5. The number of ether oxygens (including phenoxy) is 2. The smallest absolute Gasteiger partial charge is 0.295 e. The summed E-state index contributed by atoms with van der Waals surface area (Å²) in [7, 11) is 0. The number of aryl methyl sites for hydroxylation is 2. The molecule has 0 atom stereocenters. The number of hydrogen-bond donors (Lipinski definition) is 1. The van der Waals surface area contributed by atoms with Gasteiger partial charge in [0.1, 0.15) is 0 Å². The highest BCUT2D eigenvalue weighted by Gasteiger charge is 2.17. The minimum absolute atomic E-state index is 0.0633. The molecule has 1 amide bonds. The van der Waals surface area contributed by atoms with Crippen LogP contribution in [0, 0.1) is 13.8 Å². The summed E-state index contributed by atoms with van der Waals surface area (Å²) in [6.45, 7) is 4.97. The van der Waals surface area contributed by atoms with Gasteiger partial charge < -0.3 is 14.8 Å². The third kappa shape index (κ3) is 2.98. The molecule has 0 spiro atoms. The Morgan fingerprint density at radius 1 is 1.12 bits per heavy atom. The van der Waals surface area contributed by atoms with Gasteiger partial charge in [0, 0.05) is 29.6 Å². The molecule has 1 aliphatic rings. The summed E-state index contributed by atoms with van der Waals surface area (Å²) in [5.41, 5.74) is 2.28. The largest absolute Gasteiger partial charge is 0.490 e. The summed E-state index contributed by atoms with van der Waals surface area (Å²) < 4.78 is 12.8. The normalized spacial score (nSPS) is 13.5.